The summed E-state index contributed by atoms with van der Waals surface area (Å²) in [5.74, 6) is -2.10. The van der Waals surface area contributed by atoms with E-state index < -0.39 is 22.8 Å². The number of likely N-dealkylation sites (tertiary alicyclic amines) is 1. The van der Waals surface area contributed by atoms with Gasteiger partial charge >= 0.3 is 5.97 Å². The van der Waals surface area contributed by atoms with Crippen molar-refractivity contribution in [2.24, 2.45) is 0 Å². The Morgan fingerprint density at radius 3 is 2.67 bits per heavy atom. The maximum absolute atomic E-state index is 15.5. The number of carboxylic acids is 1. The van der Waals surface area contributed by atoms with Crippen LogP contribution in [0.4, 0.5) is 15.8 Å². The van der Waals surface area contributed by atoms with Crippen molar-refractivity contribution in [1.29, 1.82) is 0 Å². The minimum Gasteiger partial charge on any atom is -0.477 e. The van der Waals surface area contributed by atoms with E-state index in [0.717, 1.165) is 38.5 Å². The number of carboxylic acid groups (broad SMARTS) is 1. The van der Waals surface area contributed by atoms with E-state index in [0.29, 0.717) is 45.5 Å². The number of pyridine rings is 1. The summed E-state index contributed by atoms with van der Waals surface area (Å²) in [5.41, 5.74) is 8.77. The molecule has 1 aliphatic rings. The first-order valence-corrected chi connectivity index (χ1v) is 12.7. The Bertz CT molecular complexity index is 2040. The highest BCUT2D eigenvalue weighted by atomic mass is 19.1. The zero-order valence-corrected chi connectivity index (χ0v) is 20.7. The van der Waals surface area contributed by atoms with E-state index in [4.69, 9.17) is 14.6 Å². The van der Waals surface area contributed by atoms with Crippen LogP contribution in [0.15, 0.2) is 56.2 Å². The molecule has 0 atom stereocenters. The van der Waals surface area contributed by atoms with Crippen LogP contribution in [0.25, 0.3) is 49.8 Å². The fourth-order valence-electron chi connectivity index (χ4n) is 5.48. The summed E-state index contributed by atoms with van der Waals surface area (Å²) in [4.78, 5) is 30.6. The van der Waals surface area contributed by atoms with Crippen molar-refractivity contribution < 1.29 is 23.1 Å². The van der Waals surface area contributed by atoms with Crippen molar-refractivity contribution in [1.82, 2.24) is 14.3 Å². The standard InChI is InChI=1S/C28H24FN5O5/c29-17-10-15-25-27(24(17)31-5-8-33-6-1-2-7-33)39-23-11-19-22(38-21-9-14(30)3-4-18(21)32-19)12-20(23)34(25)13-16(26(15)35)28(36)37/h3-4,9-13,31-32H,1-2,5-8,30H2,(H,36,37). The predicted molar refractivity (Wildman–Crippen MR) is 147 cm³/mol. The third-order valence-electron chi connectivity index (χ3n) is 7.38. The molecule has 6 aromatic rings. The van der Waals surface area contributed by atoms with Crippen LogP contribution in [0.5, 0.6) is 0 Å². The zero-order chi connectivity index (χ0) is 26.8. The van der Waals surface area contributed by atoms with Crippen molar-refractivity contribution in [2.75, 3.05) is 37.2 Å². The van der Waals surface area contributed by atoms with Gasteiger partial charge in [0.25, 0.3) is 0 Å². The Balaban J connectivity index is 1.52. The topological polar surface area (TPSA) is 142 Å². The summed E-state index contributed by atoms with van der Waals surface area (Å²) in [6.45, 7) is 3.22. The lowest BCUT2D eigenvalue weighted by Gasteiger charge is -2.18. The van der Waals surface area contributed by atoms with Crippen LogP contribution < -0.4 is 16.5 Å². The molecule has 3 aromatic carbocycles. The van der Waals surface area contributed by atoms with E-state index in [2.05, 4.69) is 15.2 Å². The van der Waals surface area contributed by atoms with Gasteiger partial charge in [0.2, 0.25) is 5.43 Å². The highest BCUT2D eigenvalue weighted by Crippen LogP contribution is 2.35. The minimum absolute atomic E-state index is 0.0898. The molecule has 1 aliphatic heterocycles. The summed E-state index contributed by atoms with van der Waals surface area (Å²) in [7, 11) is 0. The number of aromatic carboxylic acids is 1. The summed E-state index contributed by atoms with van der Waals surface area (Å²) < 4.78 is 29.4. The minimum atomic E-state index is -1.41. The molecule has 39 heavy (non-hydrogen) atoms. The lowest BCUT2D eigenvalue weighted by atomic mass is 10.1. The molecule has 0 amide bonds. The van der Waals surface area contributed by atoms with Gasteiger partial charge in [0, 0.05) is 43.2 Å². The van der Waals surface area contributed by atoms with E-state index in [1.54, 1.807) is 34.7 Å². The van der Waals surface area contributed by atoms with Crippen LogP contribution in [-0.2, 0) is 0 Å². The lowest BCUT2D eigenvalue weighted by Crippen LogP contribution is -2.26. The van der Waals surface area contributed by atoms with Crippen molar-refractivity contribution in [3.8, 4) is 0 Å². The van der Waals surface area contributed by atoms with Gasteiger partial charge in [-0.05, 0) is 44.1 Å². The molecule has 1 saturated heterocycles. The maximum atomic E-state index is 15.5. The van der Waals surface area contributed by atoms with E-state index in [-0.39, 0.29) is 22.2 Å². The van der Waals surface area contributed by atoms with E-state index in [1.165, 1.54) is 6.20 Å². The number of aromatic amines is 1. The summed E-state index contributed by atoms with van der Waals surface area (Å²) in [6, 6.07) is 9.71. The molecule has 11 heteroatoms. The second-order valence-corrected chi connectivity index (χ2v) is 9.88. The van der Waals surface area contributed by atoms with Crippen LogP contribution in [0.1, 0.15) is 23.2 Å². The SMILES string of the molecule is Nc1ccc2[nH]c3cc4oc5c(NCCN6CCCC6)c(F)cc6c(=O)c(C(=O)O)cn(c4cc3oc2c1)c56. The number of nitrogens with zero attached hydrogens (tertiary/aromatic N) is 2. The maximum Gasteiger partial charge on any atom is 0.341 e. The molecule has 198 valence electrons. The van der Waals surface area contributed by atoms with Crippen LogP contribution in [-0.4, -0.2) is 51.5 Å². The summed E-state index contributed by atoms with van der Waals surface area (Å²) >= 11 is 0. The lowest BCUT2D eigenvalue weighted by molar-refractivity contribution is 0.0695. The van der Waals surface area contributed by atoms with Crippen LogP contribution >= 0.6 is 0 Å². The Kier molecular flexibility index (Phi) is 5.17. The number of nitrogen functional groups attached to an aromatic ring is 1. The summed E-state index contributed by atoms with van der Waals surface area (Å²) in [6.07, 6.45) is 3.54. The largest absolute Gasteiger partial charge is 0.477 e. The molecule has 5 N–H and O–H groups in total. The number of aromatic nitrogens is 2. The van der Waals surface area contributed by atoms with Crippen molar-refractivity contribution >= 4 is 67.1 Å². The number of nitrogens with two attached hydrogens (primary N) is 1. The fraction of sp³-hybridized carbons (Fsp3) is 0.214. The van der Waals surface area contributed by atoms with E-state index in [1.807, 2.05) is 0 Å². The smallest absolute Gasteiger partial charge is 0.341 e. The molecule has 4 heterocycles. The molecule has 0 unspecified atom stereocenters. The van der Waals surface area contributed by atoms with Crippen LogP contribution in [0.2, 0.25) is 0 Å². The molecule has 0 spiro atoms. The van der Waals surface area contributed by atoms with Gasteiger partial charge in [0.05, 0.1) is 21.9 Å². The Labute approximate surface area is 219 Å². The second-order valence-electron chi connectivity index (χ2n) is 9.88. The molecule has 0 aliphatic carbocycles. The van der Waals surface area contributed by atoms with Crippen molar-refractivity contribution in [2.45, 2.75) is 12.8 Å². The number of halogens is 1. The number of hydrogen-bond donors (Lipinski definition) is 4. The quantitative estimate of drug-likeness (QED) is 0.140. The molecule has 0 saturated carbocycles. The van der Waals surface area contributed by atoms with Gasteiger partial charge in [-0.25, -0.2) is 9.18 Å². The molecular formula is C28H24FN5O5. The number of carbonyl (C=O) groups is 1. The number of fused-ring (bicyclic) bond motifs is 4. The van der Waals surface area contributed by atoms with Gasteiger partial charge in [0.1, 0.15) is 16.8 Å². The summed E-state index contributed by atoms with van der Waals surface area (Å²) in [5, 5.41) is 12.8. The second kappa shape index (κ2) is 8.63. The molecule has 0 radical (unpaired) electrons. The average Bonchev–Trinajstić information content (AvgIpc) is 3.43. The van der Waals surface area contributed by atoms with Crippen molar-refractivity contribution in [3.05, 3.63) is 64.2 Å². The molecule has 1 fully saturated rings. The molecular weight excluding hydrogens is 505 g/mol. The molecule has 10 nitrogen and oxygen atoms in total. The van der Waals surface area contributed by atoms with Crippen LogP contribution in [0.3, 0.4) is 0 Å². The Morgan fingerprint density at radius 2 is 1.87 bits per heavy atom. The number of anilines is 2. The van der Waals surface area contributed by atoms with Crippen molar-refractivity contribution in [3.63, 3.8) is 0 Å². The fourth-order valence-corrected chi connectivity index (χ4v) is 5.48. The van der Waals surface area contributed by atoms with Gasteiger partial charge in [-0.1, -0.05) is 0 Å². The number of rotatable bonds is 5. The third-order valence-corrected chi connectivity index (χ3v) is 7.38. The average molecular weight is 530 g/mol. The van der Waals surface area contributed by atoms with E-state index in [9.17, 15) is 14.7 Å². The van der Waals surface area contributed by atoms with Gasteiger partial charge in [-0.2, -0.15) is 0 Å². The number of benzene rings is 3. The Morgan fingerprint density at radius 1 is 1.08 bits per heavy atom. The van der Waals surface area contributed by atoms with Gasteiger partial charge in [-0.3, -0.25) is 4.79 Å². The normalized spacial score (nSPS) is 14.4. The van der Waals surface area contributed by atoms with E-state index >= 15 is 4.39 Å². The molecule has 7 rings (SSSR count). The first-order chi connectivity index (χ1) is 18.9. The third kappa shape index (κ3) is 3.73. The highest BCUT2D eigenvalue weighted by Gasteiger charge is 2.23. The first-order valence-electron chi connectivity index (χ1n) is 12.7. The molecule has 0 bridgehead atoms. The predicted octanol–water partition coefficient (Wildman–Crippen LogP) is 4.92. The number of H-pyrrole nitrogens is 1. The molecule has 3 aromatic heterocycles. The highest BCUT2D eigenvalue weighted by molar-refractivity contribution is 6.06. The number of hydrogen-bond acceptors (Lipinski definition) is 7. The monoisotopic (exact) mass is 529 g/mol. The first kappa shape index (κ1) is 23.4. The number of nitrogens with one attached hydrogen (secondary N) is 2. The van der Waals surface area contributed by atoms with Gasteiger partial charge in [-0.15, -0.1) is 0 Å². The zero-order valence-electron chi connectivity index (χ0n) is 20.7. The van der Waals surface area contributed by atoms with Gasteiger partial charge < -0.3 is 39.3 Å². The van der Waals surface area contributed by atoms with Gasteiger partial charge in [0.15, 0.2) is 28.1 Å². The Hall–Kier alpha value is -4.77. The van der Waals surface area contributed by atoms with Crippen LogP contribution in [0, 0.1) is 5.82 Å².